The average molecular weight is 199 g/mol. The van der Waals surface area contributed by atoms with Crippen LogP contribution in [-0.2, 0) is 4.79 Å². The molecular weight excluding hydrogens is 186 g/mol. The molecule has 1 amide bonds. The number of hydrogen-bond acceptors (Lipinski definition) is 5. The monoisotopic (exact) mass is 199 g/mol. The quantitative estimate of drug-likeness (QED) is 0.673. The molecule has 1 aromatic rings. The molecule has 6 nitrogen and oxygen atoms in total. The zero-order chi connectivity index (χ0) is 10.4. The van der Waals surface area contributed by atoms with E-state index in [9.17, 15) is 4.79 Å². The van der Waals surface area contributed by atoms with Crippen LogP contribution >= 0.6 is 0 Å². The normalized spacial score (nSPS) is 10.1. The van der Waals surface area contributed by atoms with E-state index in [0.717, 1.165) is 0 Å². The van der Waals surface area contributed by atoms with Crippen LogP contribution < -0.4 is 5.32 Å². The van der Waals surface area contributed by atoms with E-state index in [1.807, 2.05) is 0 Å². The van der Waals surface area contributed by atoms with E-state index in [4.69, 9.17) is 9.63 Å². The summed E-state index contributed by atoms with van der Waals surface area (Å²) in [6.07, 6.45) is 1.62. The van der Waals surface area contributed by atoms with Crippen LogP contribution in [0.3, 0.4) is 0 Å². The molecule has 6 heteroatoms. The van der Waals surface area contributed by atoms with Gasteiger partial charge in [-0.2, -0.15) is 4.98 Å². The Morgan fingerprint density at radius 2 is 2.36 bits per heavy atom. The fraction of sp³-hybridized carbons (Fsp3) is 0.625. The third-order valence-electron chi connectivity index (χ3n) is 1.59. The number of rotatable bonds is 5. The summed E-state index contributed by atoms with van der Waals surface area (Å²) in [5.41, 5.74) is 0. The third kappa shape index (κ3) is 3.53. The zero-order valence-electron chi connectivity index (χ0n) is 7.99. The summed E-state index contributed by atoms with van der Waals surface area (Å²) in [5.74, 6) is 0.303. The SMILES string of the molecule is Cc1noc(NC(=O)CCCCO)n1. The smallest absolute Gasteiger partial charge is 0.328 e. The molecule has 0 radical (unpaired) electrons. The molecule has 14 heavy (non-hydrogen) atoms. The van der Waals surface area contributed by atoms with Crippen LogP contribution in [0.4, 0.5) is 6.01 Å². The van der Waals surface area contributed by atoms with Crippen molar-refractivity contribution in [2.24, 2.45) is 0 Å². The first-order chi connectivity index (χ1) is 6.72. The van der Waals surface area contributed by atoms with Gasteiger partial charge in [-0.1, -0.05) is 5.16 Å². The van der Waals surface area contributed by atoms with Crippen molar-refractivity contribution in [3.8, 4) is 0 Å². The van der Waals surface area contributed by atoms with Crippen LogP contribution in [-0.4, -0.2) is 27.8 Å². The van der Waals surface area contributed by atoms with Crippen molar-refractivity contribution in [3.05, 3.63) is 5.82 Å². The molecule has 0 saturated carbocycles. The van der Waals surface area contributed by atoms with Gasteiger partial charge in [-0.15, -0.1) is 0 Å². The van der Waals surface area contributed by atoms with E-state index in [1.54, 1.807) is 6.92 Å². The second-order valence-corrected chi connectivity index (χ2v) is 2.88. The van der Waals surface area contributed by atoms with E-state index in [2.05, 4.69) is 15.5 Å². The molecule has 1 aromatic heterocycles. The van der Waals surface area contributed by atoms with E-state index < -0.39 is 0 Å². The molecule has 0 aliphatic carbocycles. The molecule has 0 saturated heterocycles. The summed E-state index contributed by atoms with van der Waals surface area (Å²) in [5, 5.41) is 14.5. The predicted octanol–water partition coefficient (Wildman–Crippen LogP) is 0.479. The van der Waals surface area contributed by atoms with Crippen LogP contribution in [0.5, 0.6) is 0 Å². The number of aryl methyl sites for hydroxylation is 1. The molecule has 0 aliphatic heterocycles. The number of carbonyl (C=O) groups excluding carboxylic acids is 1. The fourth-order valence-corrected chi connectivity index (χ4v) is 0.927. The number of aliphatic hydroxyl groups excluding tert-OH is 1. The third-order valence-corrected chi connectivity index (χ3v) is 1.59. The van der Waals surface area contributed by atoms with E-state index >= 15 is 0 Å². The molecule has 1 heterocycles. The number of nitrogens with zero attached hydrogens (tertiary/aromatic N) is 2. The Kier molecular flexibility index (Phi) is 4.06. The average Bonchev–Trinajstić information content (AvgIpc) is 2.52. The van der Waals surface area contributed by atoms with Crippen molar-refractivity contribution in [1.29, 1.82) is 0 Å². The van der Waals surface area contributed by atoms with Crippen LogP contribution in [0, 0.1) is 6.92 Å². The Morgan fingerprint density at radius 3 is 2.93 bits per heavy atom. The molecular formula is C8H13N3O3. The highest BCUT2D eigenvalue weighted by atomic mass is 16.5. The van der Waals surface area contributed by atoms with Crippen molar-refractivity contribution in [1.82, 2.24) is 10.1 Å². The first-order valence-electron chi connectivity index (χ1n) is 4.43. The second-order valence-electron chi connectivity index (χ2n) is 2.88. The lowest BCUT2D eigenvalue weighted by molar-refractivity contribution is -0.116. The Balaban J connectivity index is 2.27. The Bertz CT molecular complexity index is 298. The molecule has 0 atom stereocenters. The van der Waals surface area contributed by atoms with Crippen molar-refractivity contribution in [2.45, 2.75) is 26.2 Å². The minimum atomic E-state index is -0.179. The molecule has 0 aliphatic rings. The summed E-state index contributed by atoms with van der Waals surface area (Å²) in [4.78, 5) is 15.0. The molecule has 0 aromatic carbocycles. The number of aromatic nitrogens is 2. The van der Waals surface area contributed by atoms with Gasteiger partial charge in [-0.05, 0) is 19.8 Å². The van der Waals surface area contributed by atoms with Crippen molar-refractivity contribution >= 4 is 11.9 Å². The molecule has 0 fully saturated rings. The van der Waals surface area contributed by atoms with E-state index in [-0.39, 0.29) is 18.5 Å². The molecule has 2 N–H and O–H groups in total. The van der Waals surface area contributed by atoms with Crippen molar-refractivity contribution in [3.63, 3.8) is 0 Å². The minimum absolute atomic E-state index is 0.104. The number of unbranched alkanes of at least 4 members (excludes halogenated alkanes) is 1. The number of anilines is 1. The largest absolute Gasteiger partial charge is 0.396 e. The predicted molar refractivity (Wildman–Crippen MR) is 48.6 cm³/mol. The summed E-state index contributed by atoms with van der Waals surface area (Å²) in [6.45, 7) is 1.78. The van der Waals surface area contributed by atoms with E-state index in [1.165, 1.54) is 0 Å². The Morgan fingerprint density at radius 1 is 1.57 bits per heavy atom. The summed E-state index contributed by atoms with van der Waals surface area (Å²) in [6, 6.07) is 0.122. The van der Waals surface area contributed by atoms with Gasteiger partial charge in [-0.25, -0.2) is 0 Å². The molecule has 0 bridgehead atoms. The van der Waals surface area contributed by atoms with Gasteiger partial charge in [0.25, 0.3) is 0 Å². The molecule has 78 valence electrons. The summed E-state index contributed by atoms with van der Waals surface area (Å²) in [7, 11) is 0. The van der Waals surface area contributed by atoms with Gasteiger partial charge in [-0.3, -0.25) is 10.1 Å². The number of aliphatic hydroxyl groups is 1. The highest BCUT2D eigenvalue weighted by Crippen LogP contribution is 2.04. The first kappa shape index (κ1) is 10.6. The minimum Gasteiger partial charge on any atom is -0.396 e. The maximum absolute atomic E-state index is 11.2. The van der Waals surface area contributed by atoms with Gasteiger partial charge in [0.1, 0.15) is 0 Å². The standard InChI is InChI=1S/C8H13N3O3/c1-6-9-8(14-11-6)10-7(13)4-2-3-5-12/h12H,2-5H2,1H3,(H,9,10,11,13). The van der Waals surface area contributed by atoms with Gasteiger partial charge in [0, 0.05) is 13.0 Å². The highest BCUT2D eigenvalue weighted by Gasteiger charge is 2.06. The van der Waals surface area contributed by atoms with Gasteiger partial charge in [0.2, 0.25) is 5.91 Å². The zero-order valence-corrected chi connectivity index (χ0v) is 7.99. The highest BCUT2D eigenvalue weighted by molar-refractivity contribution is 5.88. The lowest BCUT2D eigenvalue weighted by Gasteiger charge is -1.98. The molecule has 0 unspecified atom stereocenters. The lowest BCUT2D eigenvalue weighted by Crippen LogP contribution is -2.11. The molecule has 1 rings (SSSR count). The van der Waals surface area contributed by atoms with Crippen LogP contribution in [0.1, 0.15) is 25.1 Å². The van der Waals surface area contributed by atoms with Gasteiger partial charge >= 0.3 is 6.01 Å². The summed E-state index contributed by atoms with van der Waals surface area (Å²) >= 11 is 0. The lowest BCUT2D eigenvalue weighted by atomic mass is 10.2. The van der Waals surface area contributed by atoms with Gasteiger partial charge in [0.15, 0.2) is 5.82 Å². The number of nitrogens with one attached hydrogen (secondary N) is 1. The van der Waals surface area contributed by atoms with Crippen LogP contribution in [0.15, 0.2) is 4.52 Å². The fourth-order valence-electron chi connectivity index (χ4n) is 0.927. The number of amides is 1. The van der Waals surface area contributed by atoms with Gasteiger partial charge in [0.05, 0.1) is 0 Å². The Hall–Kier alpha value is -1.43. The molecule has 0 spiro atoms. The summed E-state index contributed by atoms with van der Waals surface area (Å²) < 4.78 is 4.70. The van der Waals surface area contributed by atoms with Gasteiger partial charge < -0.3 is 9.63 Å². The topological polar surface area (TPSA) is 88.2 Å². The maximum Gasteiger partial charge on any atom is 0.328 e. The maximum atomic E-state index is 11.2. The first-order valence-corrected chi connectivity index (χ1v) is 4.43. The number of hydrogen-bond donors (Lipinski definition) is 2. The van der Waals surface area contributed by atoms with Crippen molar-refractivity contribution in [2.75, 3.05) is 11.9 Å². The Labute approximate surface area is 81.3 Å². The van der Waals surface area contributed by atoms with Crippen LogP contribution in [0.2, 0.25) is 0 Å². The van der Waals surface area contributed by atoms with E-state index in [0.29, 0.717) is 25.1 Å². The second kappa shape index (κ2) is 5.33. The van der Waals surface area contributed by atoms with Crippen LogP contribution in [0.25, 0.3) is 0 Å². The van der Waals surface area contributed by atoms with Crippen molar-refractivity contribution < 1.29 is 14.4 Å². The number of carbonyl (C=O) groups is 1.